The maximum absolute atomic E-state index is 12.1. The largest absolute Gasteiger partial charge is 0.394 e. The Morgan fingerprint density at radius 3 is 2.47 bits per heavy atom. The van der Waals surface area contributed by atoms with Crippen LogP contribution in [0.25, 0.3) is 11.3 Å². The van der Waals surface area contributed by atoms with Gasteiger partial charge in [-0.15, -0.1) is 0 Å². The third-order valence-corrected chi connectivity index (χ3v) is 3.33. The van der Waals surface area contributed by atoms with E-state index in [-0.39, 0.29) is 11.2 Å². The van der Waals surface area contributed by atoms with Crippen molar-refractivity contribution in [3.05, 3.63) is 51.8 Å². The molecule has 0 amide bonds. The third kappa shape index (κ3) is 2.99. The summed E-state index contributed by atoms with van der Waals surface area (Å²) < 4.78 is 1.74. The van der Waals surface area contributed by atoms with E-state index < -0.39 is 0 Å². The monoisotopic (exact) mass is 276 g/mol. The van der Waals surface area contributed by atoms with Crippen molar-refractivity contribution in [1.82, 2.24) is 4.57 Å². The van der Waals surface area contributed by atoms with Gasteiger partial charge in [-0.25, -0.2) is 0 Å². The summed E-state index contributed by atoms with van der Waals surface area (Å²) in [4.78, 5) is 12.1. The fourth-order valence-corrected chi connectivity index (χ4v) is 2.13. The van der Waals surface area contributed by atoms with Gasteiger partial charge >= 0.3 is 0 Å². The lowest BCUT2D eigenvalue weighted by atomic mass is 10.1. The number of pyridine rings is 1. The number of anilines is 1. The maximum Gasteiger partial charge on any atom is 0.274 e. The first-order chi connectivity index (χ1) is 9.13. The maximum atomic E-state index is 12.1. The van der Waals surface area contributed by atoms with E-state index in [1.807, 2.05) is 30.3 Å². The summed E-state index contributed by atoms with van der Waals surface area (Å²) in [6.07, 6.45) is 1.98. The molecular formula is C15H17ClN2O. The molecule has 3 nitrogen and oxygen atoms in total. The summed E-state index contributed by atoms with van der Waals surface area (Å²) in [5, 5.41) is 0.682. The number of halogens is 1. The highest BCUT2D eigenvalue weighted by molar-refractivity contribution is 6.30. The molecule has 2 N–H and O–H groups in total. The van der Waals surface area contributed by atoms with Gasteiger partial charge in [-0.1, -0.05) is 37.1 Å². The molecule has 0 aliphatic carbocycles. The van der Waals surface area contributed by atoms with Crippen molar-refractivity contribution >= 4 is 17.3 Å². The predicted octanol–water partition coefficient (Wildman–Crippen LogP) is 3.55. The lowest BCUT2D eigenvalue weighted by molar-refractivity contribution is 0.620. The Morgan fingerprint density at radius 2 is 1.84 bits per heavy atom. The highest BCUT2D eigenvalue weighted by Gasteiger charge is 2.08. The van der Waals surface area contributed by atoms with Gasteiger partial charge in [0.15, 0.2) is 0 Å². The Kier molecular flexibility index (Phi) is 4.27. The lowest BCUT2D eigenvalue weighted by Gasteiger charge is -2.13. The molecule has 0 fully saturated rings. The van der Waals surface area contributed by atoms with Crippen LogP contribution in [0, 0.1) is 0 Å². The summed E-state index contributed by atoms with van der Waals surface area (Å²) in [7, 11) is 0. The number of benzene rings is 1. The van der Waals surface area contributed by atoms with Crippen LogP contribution < -0.4 is 11.3 Å². The van der Waals surface area contributed by atoms with Crippen LogP contribution in [0.1, 0.15) is 19.8 Å². The molecule has 0 spiro atoms. The van der Waals surface area contributed by atoms with Gasteiger partial charge in [0.2, 0.25) is 0 Å². The Morgan fingerprint density at radius 1 is 1.16 bits per heavy atom. The number of nitrogens with two attached hydrogens (primary N) is 1. The second-order valence-corrected chi connectivity index (χ2v) is 4.93. The van der Waals surface area contributed by atoms with Crippen LogP contribution in [-0.2, 0) is 6.54 Å². The quantitative estimate of drug-likeness (QED) is 0.928. The third-order valence-electron chi connectivity index (χ3n) is 3.08. The molecular weight excluding hydrogens is 260 g/mol. The van der Waals surface area contributed by atoms with Gasteiger partial charge in [0.25, 0.3) is 5.56 Å². The van der Waals surface area contributed by atoms with Crippen molar-refractivity contribution < 1.29 is 0 Å². The first-order valence-electron chi connectivity index (χ1n) is 6.38. The highest BCUT2D eigenvalue weighted by atomic mass is 35.5. The summed E-state index contributed by atoms with van der Waals surface area (Å²) in [5.74, 6) is 0. The van der Waals surface area contributed by atoms with Crippen LogP contribution in [-0.4, -0.2) is 4.57 Å². The normalized spacial score (nSPS) is 10.6. The Bertz CT molecular complexity index is 617. The van der Waals surface area contributed by atoms with Gasteiger partial charge in [-0.3, -0.25) is 4.79 Å². The van der Waals surface area contributed by atoms with E-state index in [4.69, 9.17) is 17.3 Å². The fourth-order valence-electron chi connectivity index (χ4n) is 2.01. The molecule has 0 bridgehead atoms. The van der Waals surface area contributed by atoms with Crippen LogP contribution in [0.4, 0.5) is 5.69 Å². The molecule has 0 saturated heterocycles. The van der Waals surface area contributed by atoms with Crippen LogP contribution in [0.15, 0.2) is 41.2 Å². The van der Waals surface area contributed by atoms with Crippen molar-refractivity contribution in [3.8, 4) is 11.3 Å². The molecule has 4 heteroatoms. The molecule has 0 aliphatic heterocycles. The number of nitrogen functional groups attached to an aromatic ring is 1. The second-order valence-electron chi connectivity index (χ2n) is 4.49. The molecule has 1 heterocycles. The van der Waals surface area contributed by atoms with Gasteiger partial charge in [0.05, 0.1) is 11.4 Å². The van der Waals surface area contributed by atoms with Gasteiger partial charge in [0.1, 0.15) is 0 Å². The van der Waals surface area contributed by atoms with E-state index in [0.717, 1.165) is 24.1 Å². The molecule has 2 rings (SSSR count). The van der Waals surface area contributed by atoms with E-state index in [1.165, 1.54) is 0 Å². The average Bonchev–Trinajstić information content (AvgIpc) is 2.41. The minimum absolute atomic E-state index is 0.124. The number of nitrogens with zero attached hydrogens (tertiary/aromatic N) is 1. The van der Waals surface area contributed by atoms with Crippen molar-refractivity contribution in [3.63, 3.8) is 0 Å². The molecule has 2 aromatic rings. The minimum atomic E-state index is -0.124. The molecule has 0 atom stereocenters. The van der Waals surface area contributed by atoms with Crippen LogP contribution in [0.2, 0.25) is 5.02 Å². The van der Waals surface area contributed by atoms with Crippen molar-refractivity contribution in [2.75, 3.05) is 5.73 Å². The Hall–Kier alpha value is -1.74. The van der Waals surface area contributed by atoms with E-state index in [1.54, 1.807) is 10.6 Å². The number of rotatable bonds is 4. The Labute approximate surface area is 117 Å². The lowest BCUT2D eigenvalue weighted by Crippen LogP contribution is -2.24. The van der Waals surface area contributed by atoms with Gasteiger partial charge in [0, 0.05) is 11.6 Å². The molecule has 1 aromatic carbocycles. The molecule has 0 unspecified atom stereocenters. The summed E-state index contributed by atoms with van der Waals surface area (Å²) in [6, 6.07) is 11.0. The van der Waals surface area contributed by atoms with Crippen LogP contribution in [0.5, 0.6) is 0 Å². The van der Waals surface area contributed by atoms with Gasteiger partial charge in [-0.05, 0) is 36.2 Å². The van der Waals surface area contributed by atoms with Crippen molar-refractivity contribution in [1.29, 1.82) is 0 Å². The zero-order chi connectivity index (χ0) is 13.8. The smallest absolute Gasteiger partial charge is 0.274 e. The topological polar surface area (TPSA) is 48.0 Å². The molecule has 100 valence electrons. The average molecular weight is 277 g/mol. The second kappa shape index (κ2) is 5.93. The van der Waals surface area contributed by atoms with E-state index in [2.05, 4.69) is 6.92 Å². The molecule has 0 saturated carbocycles. The summed E-state index contributed by atoms with van der Waals surface area (Å²) >= 11 is 5.89. The van der Waals surface area contributed by atoms with Gasteiger partial charge < -0.3 is 10.3 Å². The van der Waals surface area contributed by atoms with Crippen LogP contribution >= 0.6 is 11.6 Å². The predicted molar refractivity (Wildman–Crippen MR) is 80.5 cm³/mol. The van der Waals surface area contributed by atoms with Crippen molar-refractivity contribution in [2.45, 2.75) is 26.3 Å². The number of hydrogen-bond acceptors (Lipinski definition) is 2. The summed E-state index contributed by atoms with van der Waals surface area (Å²) in [6.45, 7) is 2.78. The van der Waals surface area contributed by atoms with Crippen molar-refractivity contribution in [2.24, 2.45) is 0 Å². The van der Waals surface area contributed by atoms with Gasteiger partial charge in [-0.2, -0.15) is 0 Å². The molecule has 0 radical (unpaired) electrons. The summed E-state index contributed by atoms with van der Waals surface area (Å²) in [5.41, 5.74) is 7.72. The number of aromatic nitrogens is 1. The SMILES string of the molecule is CCCCn1c(-c2ccc(Cl)cc2)ccc(N)c1=O. The van der Waals surface area contributed by atoms with Crippen LogP contribution in [0.3, 0.4) is 0 Å². The van der Waals surface area contributed by atoms with E-state index >= 15 is 0 Å². The number of hydrogen-bond donors (Lipinski definition) is 1. The Balaban J connectivity index is 2.52. The fraction of sp³-hybridized carbons (Fsp3) is 0.267. The zero-order valence-corrected chi connectivity index (χ0v) is 11.7. The number of unbranched alkanes of at least 4 members (excludes halogenated alkanes) is 1. The molecule has 0 aliphatic rings. The first kappa shape index (κ1) is 13.7. The first-order valence-corrected chi connectivity index (χ1v) is 6.76. The van der Waals surface area contributed by atoms with E-state index in [9.17, 15) is 4.79 Å². The molecule has 1 aromatic heterocycles. The van der Waals surface area contributed by atoms with E-state index in [0.29, 0.717) is 11.6 Å². The highest BCUT2D eigenvalue weighted by Crippen LogP contribution is 2.21. The molecule has 19 heavy (non-hydrogen) atoms. The standard InChI is InChI=1S/C15H17ClN2O/c1-2-3-10-18-14(9-8-13(17)15(18)19)11-4-6-12(16)7-5-11/h4-9H,2-3,10,17H2,1H3. The minimum Gasteiger partial charge on any atom is -0.394 e. The zero-order valence-electron chi connectivity index (χ0n) is 10.9.